The van der Waals surface area contributed by atoms with Gasteiger partial charge in [-0.2, -0.15) is 0 Å². The molecule has 0 spiro atoms. The van der Waals surface area contributed by atoms with Gasteiger partial charge in [0.15, 0.2) is 0 Å². The van der Waals surface area contributed by atoms with Crippen molar-refractivity contribution in [2.75, 3.05) is 0 Å². The van der Waals surface area contributed by atoms with E-state index in [4.69, 9.17) is 15.9 Å². The maximum Gasteiger partial charge on any atom is 0.343 e. The minimum atomic E-state index is -0.536. The molecule has 1 N–H and O–H groups in total. The first-order valence-corrected chi connectivity index (χ1v) is 10.6. The molecule has 0 aliphatic rings. The highest BCUT2D eigenvalue weighted by molar-refractivity contribution is 5.92. The summed E-state index contributed by atoms with van der Waals surface area (Å²) in [4.78, 5) is 24.2. The summed E-state index contributed by atoms with van der Waals surface area (Å²) in [5, 5.41) is 9.25. The first-order valence-electron chi connectivity index (χ1n) is 10.6. The number of esters is 2. The predicted molar refractivity (Wildman–Crippen MR) is 134 cm³/mol. The van der Waals surface area contributed by atoms with Gasteiger partial charge in [-0.1, -0.05) is 32.1 Å². The molecule has 1 atom stereocenters. The van der Waals surface area contributed by atoms with Gasteiger partial charge in [-0.15, -0.1) is 6.42 Å². The first-order chi connectivity index (χ1) is 15.4. The standard InChI is InChI=1S/C22H26O5.C5H4.4H2/c1-3-4-5-6-7-16(2)26-21(24)18-10-14-20(15-11-18)27-22(25)17-8-12-19(23)13-9-17;1-3-5-4-2;;;;/h8-16,23H,3-7H2,1-2H3;1H,2H3;4*1H. The molecule has 0 aromatic heterocycles. The monoisotopic (exact) mass is 442 g/mol. The minimum Gasteiger partial charge on any atom is -0.508 e. The van der Waals surface area contributed by atoms with E-state index in [1.807, 2.05) is 6.92 Å². The van der Waals surface area contributed by atoms with Crippen molar-refractivity contribution < 1.29 is 29.9 Å². The van der Waals surface area contributed by atoms with Gasteiger partial charge in [0.25, 0.3) is 0 Å². The summed E-state index contributed by atoms with van der Waals surface area (Å²) >= 11 is 0. The molecule has 5 nitrogen and oxygen atoms in total. The number of phenolic OH excluding ortho intramolecular Hbond substituents is 1. The van der Waals surface area contributed by atoms with Crippen molar-refractivity contribution in [3.05, 3.63) is 59.7 Å². The molecule has 0 aliphatic heterocycles. The van der Waals surface area contributed by atoms with E-state index < -0.39 is 5.97 Å². The molecule has 2 aromatic rings. The zero-order chi connectivity index (χ0) is 23.8. The minimum absolute atomic E-state index is 0. The molecule has 0 radical (unpaired) electrons. The normalized spacial score (nSPS) is 10.3. The number of ether oxygens (including phenoxy) is 2. The fourth-order valence-electron chi connectivity index (χ4n) is 2.66. The largest absolute Gasteiger partial charge is 0.508 e. The Hall–Kier alpha value is -3.70. The smallest absolute Gasteiger partial charge is 0.343 e. The van der Waals surface area contributed by atoms with Crippen LogP contribution in [0.5, 0.6) is 11.5 Å². The van der Waals surface area contributed by atoms with Crippen molar-refractivity contribution in [3.63, 3.8) is 0 Å². The SMILES string of the molecule is C#CC#CC.CCCCCCC(C)OC(=O)c1ccc(OC(=O)c2ccc(O)cc2)cc1.[HH].[HH].[HH].[HH]. The van der Waals surface area contributed by atoms with Gasteiger partial charge in [0.2, 0.25) is 0 Å². The van der Waals surface area contributed by atoms with E-state index >= 15 is 0 Å². The van der Waals surface area contributed by atoms with E-state index in [0.717, 1.165) is 19.3 Å². The van der Waals surface area contributed by atoms with E-state index in [2.05, 4.69) is 24.7 Å². The van der Waals surface area contributed by atoms with Crippen LogP contribution in [-0.2, 0) is 4.74 Å². The predicted octanol–water partition coefficient (Wildman–Crippen LogP) is 6.75. The number of hydrogen-bond acceptors (Lipinski definition) is 5. The molecule has 0 bridgehead atoms. The molecule has 0 saturated carbocycles. The molecule has 2 aromatic carbocycles. The van der Waals surface area contributed by atoms with Crippen LogP contribution in [0.1, 0.15) is 79.3 Å². The summed E-state index contributed by atoms with van der Waals surface area (Å²) < 4.78 is 10.7. The highest BCUT2D eigenvalue weighted by atomic mass is 16.5. The maximum absolute atomic E-state index is 12.2. The highest BCUT2D eigenvalue weighted by Crippen LogP contribution is 2.17. The van der Waals surface area contributed by atoms with E-state index in [0.29, 0.717) is 16.9 Å². The van der Waals surface area contributed by atoms with Crippen LogP contribution in [0.4, 0.5) is 0 Å². The Bertz CT molecular complexity index is 959. The van der Waals surface area contributed by atoms with Crippen LogP contribution in [-0.4, -0.2) is 23.1 Å². The zero-order valence-electron chi connectivity index (χ0n) is 18.9. The van der Waals surface area contributed by atoms with Gasteiger partial charge in [-0.3, -0.25) is 0 Å². The molecule has 0 amide bonds. The Kier molecular flexibility index (Phi) is 12.5. The van der Waals surface area contributed by atoms with Crippen molar-refractivity contribution in [1.82, 2.24) is 0 Å². The van der Waals surface area contributed by atoms with Crippen LogP contribution in [0.3, 0.4) is 0 Å². The second-order valence-corrected chi connectivity index (χ2v) is 7.05. The lowest BCUT2D eigenvalue weighted by Gasteiger charge is -2.13. The first kappa shape index (κ1) is 26.3. The summed E-state index contributed by atoms with van der Waals surface area (Å²) in [7, 11) is 0. The topological polar surface area (TPSA) is 72.8 Å². The Morgan fingerprint density at radius 3 is 2.12 bits per heavy atom. The van der Waals surface area contributed by atoms with Crippen molar-refractivity contribution in [3.8, 4) is 35.7 Å². The van der Waals surface area contributed by atoms with Crippen LogP contribution in [0.2, 0.25) is 0 Å². The summed E-state index contributed by atoms with van der Waals surface area (Å²) in [6.45, 7) is 5.77. The molecule has 2 rings (SSSR count). The molecule has 1 unspecified atom stereocenters. The van der Waals surface area contributed by atoms with Gasteiger partial charge >= 0.3 is 11.9 Å². The summed E-state index contributed by atoms with van der Waals surface area (Å²) in [5.41, 5.74) is 0.744. The molecule has 0 heterocycles. The van der Waals surface area contributed by atoms with E-state index in [1.165, 1.54) is 37.1 Å². The lowest BCUT2D eigenvalue weighted by molar-refractivity contribution is 0.0319. The lowest BCUT2D eigenvalue weighted by Crippen LogP contribution is -2.15. The maximum atomic E-state index is 12.2. The van der Waals surface area contributed by atoms with Crippen LogP contribution < -0.4 is 4.74 Å². The molecular formula is C27H38O5. The molecule has 5 heteroatoms. The number of rotatable bonds is 9. The number of aromatic hydroxyl groups is 1. The highest BCUT2D eigenvalue weighted by Gasteiger charge is 2.13. The van der Waals surface area contributed by atoms with Gasteiger partial charge < -0.3 is 14.6 Å². The van der Waals surface area contributed by atoms with Crippen LogP contribution >= 0.6 is 0 Å². The molecule has 0 aliphatic carbocycles. The average molecular weight is 443 g/mol. The number of carbonyl (C=O) groups is 2. The second-order valence-electron chi connectivity index (χ2n) is 7.05. The molecule has 176 valence electrons. The number of benzene rings is 2. The van der Waals surface area contributed by atoms with Crippen molar-refractivity contribution in [2.45, 2.75) is 59.0 Å². The summed E-state index contributed by atoms with van der Waals surface area (Å²) in [6, 6.07) is 12.0. The Morgan fingerprint density at radius 2 is 1.59 bits per heavy atom. The fourth-order valence-corrected chi connectivity index (χ4v) is 2.66. The van der Waals surface area contributed by atoms with Crippen LogP contribution in [0.15, 0.2) is 48.5 Å². The van der Waals surface area contributed by atoms with Gasteiger partial charge in [0.1, 0.15) is 11.5 Å². The van der Waals surface area contributed by atoms with Gasteiger partial charge in [-0.05, 0) is 87.1 Å². The second kappa shape index (κ2) is 15.2. The Morgan fingerprint density at radius 1 is 1.00 bits per heavy atom. The summed E-state index contributed by atoms with van der Waals surface area (Å²) in [6.07, 6.45) is 10.0. The van der Waals surface area contributed by atoms with Crippen molar-refractivity contribution >= 4 is 11.9 Å². The van der Waals surface area contributed by atoms with Gasteiger partial charge in [0, 0.05) is 5.71 Å². The molecular weight excluding hydrogens is 404 g/mol. The van der Waals surface area contributed by atoms with Crippen molar-refractivity contribution in [1.29, 1.82) is 0 Å². The third kappa shape index (κ3) is 10.4. The Balaban J connectivity index is -0.000000518. The number of unbranched alkanes of at least 4 members (excludes halogenated alkanes) is 3. The zero-order valence-corrected chi connectivity index (χ0v) is 18.9. The lowest BCUT2D eigenvalue weighted by atomic mass is 10.1. The van der Waals surface area contributed by atoms with Crippen molar-refractivity contribution in [2.24, 2.45) is 0 Å². The third-order valence-corrected chi connectivity index (χ3v) is 4.37. The van der Waals surface area contributed by atoms with Crippen LogP contribution in [0.25, 0.3) is 0 Å². The fraction of sp³-hybridized carbons (Fsp3) is 0.333. The Labute approximate surface area is 196 Å². The average Bonchev–Trinajstić information content (AvgIpc) is 2.78. The summed E-state index contributed by atoms with van der Waals surface area (Å²) in [5.74, 6) is 6.57. The van der Waals surface area contributed by atoms with E-state index in [-0.39, 0.29) is 23.5 Å². The number of hydrogen-bond donors (Lipinski definition) is 1. The number of terminal acetylenes is 1. The van der Waals surface area contributed by atoms with E-state index in [9.17, 15) is 14.7 Å². The molecule has 0 fully saturated rings. The van der Waals surface area contributed by atoms with E-state index in [1.54, 1.807) is 31.2 Å². The number of phenols is 1. The van der Waals surface area contributed by atoms with Crippen LogP contribution in [0, 0.1) is 24.2 Å². The molecule has 0 saturated heterocycles. The quantitative estimate of drug-likeness (QED) is 0.201. The molecule has 32 heavy (non-hydrogen) atoms. The third-order valence-electron chi connectivity index (χ3n) is 4.37. The van der Waals surface area contributed by atoms with Gasteiger partial charge in [-0.25, -0.2) is 9.59 Å². The number of carbonyl (C=O) groups excluding carboxylic acids is 2. The van der Waals surface area contributed by atoms with Gasteiger partial charge in [0.05, 0.1) is 17.2 Å².